The average molecular weight is 381 g/mol. The van der Waals surface area contributed by atoms with Crippen molar-refractivity contribution in [2.24, 2.45) is 0 Å². The lowest BCUT2D eigenvalue weighted by Crippen LogP contribution is -2.12. The SMILES string of the molecule is COc1cc(C#N)ccc1OCCCC(=O)Nc1nc2ccc(C)cc2s1. The molecule has 0 saturated heterocycles. The van der Waals surface area contributed by atoms with E-state index in [9.17, 15) is 4.79 Å². The van der Waals surface area contributed by atoms with Crippen LogP contribution in [-0.4, -0.2) is 24.6 Å². The number of carbonyl (C=O) groups is 1. The third-order valence-electron chi connectivity index (χ3n) is 3.89. The number of thiazole rings is 1. The first-order valence-corrected chi connectivity index (χ1v) is 9.28. The molecule has 0 aliphatic heterocycles. The first kappa shape index (κ1) is 18.7. The van der Waals surface area contributed by atoms with Crippen LogP contribution in [-0.2, 0) is 4.79 Å². The molecule has 0 saturated carbocycles. The number of aromatic nitrogens is 1. The van der Waals surface area contributed by atoms with E-state index in [4.69, 9.17) is 14.7 Å². The van der Waals surface area contributed by atoms with Gasteiger partial charge < -0.3 is 14.8 Å². The Bertz CT molecular complexity index is 1010. The zero-order valence-corrected chi connectivity index (χ0v) is 15.9. The monoisotopic (exact) mass is 381 g/mol. The van der Waals surface area contributed by atoms with Crippen molar-refractivity contribution in [1.29, 1.82) is 5.26 Å². The number of aryl methyl sites for hydroxylation is 1. The number of amides is 1. The van der Waals surface area contributed by atoms with Gasteiger partial charge in [0.2, 0.25) is 5.91 Å². The summed E-state index contributed by atoms with van der Waals surface area (Å²) in [6.45, 7) is 2.40. The summed E-state index contributed by atoms with van der Waals surface area (Å²) in [6.07, 6.45) is 0.881. The first-order chi connectivity index (χ1) is 13.1. The number of hydrogen-bond donors (Lipinski definition) is 1. The molecule has 138 valence electrons. The average Bonchev–Trinajstić information content (AvgIpc) is 3.06. The Morgan fingerprint density at radius 1 is 1.26 bits per heavy atom. The molecule has 1 heterocycles. The maximum Gasteiger partial charge on any atom is 0.226 e. The summed E-state index contributed by atoms with van der Waals surface area (Å²) in [5.41, 5.74) is 2.56. The van der Waals surface area contributed by atoms with Crippen molar-refractivity contribution >= 4 is 32.6 Å². The number of nitrogens with zero attached hydrogens (tertiary/aromatic N) is 2. The van der Waals surface area contributed by atoms with Crippen LogP contribution in [0.4, 0.5) is 5.13 Å². The summed E-state index contributed by atoms with van der Waals surface area (Å²) in [6, 6.07) is 13.0. The number of ether oxygens (including phenoxy) is 2. The van der Waals surface area contributed by atoms with Crippen molar-refractivity contribution in [3.05, 3.63) is 47.5 Å². The van der Waals surface area contributed by atoms with Gasteiger partial charge in [0.25, 0.3) is 0 Å². The van der Waals surface area contributed by atoms with Gasteiger partial charge in [-0.05, 0) is 43.2 Å². The largest absolute Gasteiger partial charge is 0.493 e. The van der Waals surface area contributed by atoms with Crippen LogP contribution < -0.4 is 14.8 Å². The van der Waals surface area contributed by atoms with Gasteiger partial charge in [0, 0.05) is 12.5 Å². The molecule has 3 rings (SSSR count). The number of hydrogen-bond acceptors (Lipinski definition) is 6. The third kappa shape index (κ3) is 4.74. The number of carbonyl (C=O) groups excluding carboxylic acids is 1. The Kier molecular flexibility index (Phi) is 5.89. The van der Waals surface area contributed by atoms with Gasteiger partial charge in [0.1, 0.15) is 0 Å². The minimum Gasteiger partial charge on any atom is -0.493 e. The summed E-state index contributed by atoms with van der Waals surface area (Å²) in [4.78, 5) is 16.5. The van der Waals surface area contributed by atoms with Gasteiger partial charge in [-0.15, -0.1) is 0 Å². The fourth-order valence-corrected chi connectivity index (χ4v) is 3.52. The number of benzene rings is 2. The quantitative estimate of drug-likeness (QED) is 0.618. The number of rotatable bonds is 7. The van der Waals surface area contributed by atoms with Gasteiger partial charge in [-0.3, -0.25) is 4.79 Å². The Hall–Kier alpha value is -3.11. The normalized spacial score (nSPS) is 10.4. The maximum atomic E-state index is 12.1. The van der Waals surface area contributed by atoms with Crippen molar-refractivity contribution in [2.45, 2.75) is 19.8 Å². The number of anilines is 1. The molecule has 6 nitrogen and oxygen atoms in total. The van der Waals surface area contributed by atoms with Crippen LogP contribution in [0.15, 0.2) is 36.4 Å². The molecule has 0 unspecified atom stereocenters. The van der Waals surface area contributed by atoms with Crippen LogP contribution in [0.3, 0.4) is 0 Å². The zero-order valence-electron chi connectivity index (χ0n) is 15.1. The summed E-state index contributed by atoms with van der Waals surface area (Å²) in [7, 11) is 1.52. The van der Waals surface area contributed by atoms with E-state index < -0.39 is 0 Å². The van der Waals surface area contributed by atoms with E-state index in [1.165, 1.54) is 24.0 Å². The van der Waals surface area contributed by atoms with Crippen molar-refractivity contribution < 1.29 is 14.3 Å². The number of nitrogens with one attached hydrogen (secondary N) is 1. The molecule has 0 fully saturated rings. The van der Waals surface area contributed by atoms with Gasteiger partial charge in [-0.25, -0.2) is 4.98 Å². The molecule has 2 aromatic carbocycles. The fourth-order valence-electron chi connectivity index (χ4n) is 2.54. The van der Waals surface area contributed by atoms with Gasteiger partial charge in [0.15, 0.2) is 16.6 Å². The smallest absolute Gasteiger partial charge is 0.226 e. The molecular weight excluding hydrogens is 362 g/mol. The predicted molar refractivity (Wildman–Crippen MR) is 105 cm³/mol. The molecule has 0 radical (unpaired) electrons. The van der Waals surface area contributed by atoms with E-state index in [1.54, 1.807) is 18.2 Å². The van der Waals surface area contributed by atoms with Crippen LogP contribution in [0.25, 0.3) is 10.2 Å². The highest BCUT2D eigenvalue weighted by molar-refractivity contribution is 7.22. The molecule has 3 aromatic rings. The molecule has 0 spiro atoms. The van der Waals surface area contributed by atoms with Crippen LogP contribution >= 0.6 is 11.3 Å². The second-order valence-corrected chi connectivity index (χ2v) is 7.00. The minimum absolute atomic E-state index is 0.0961. The van der Waals surface area contributed by atoms with Crippen molar-refractivity contribution in [1.82, 2.24) is 4.98 Å². The van der Waals surface area contributed by atoms with Crippen molar-refractivity contribution in [2.75, 3.05) is 19.0 Å². The van der Waals surface area contributed by atoms with Crippen molar-refractivity contribution in [3.63, 3.8) is 0 Å². The summed E-state index contributed by atoms with van der Waals surface area (Å²) in [5, 5.41) is 12.4. The number of fused-ring (bicyclic) bond motifs is 1. The van der Waals surface area contributed by atoms with Gasteiger partial charge in [-0.2, -0.15) is 5.26 Å². The van der Waals surface area contributed by atoms with Crippen LogP contribution in [0, 0.1) is 18.3 Å². The van der Waals surface area contributed by atoms with Crippen LogP contribution in [0.1, 0.15) is 24.0 Å². The molecule has 7 heteroatoms. The van der Waals surface area contributed by atoms with E-state index in [0.717, 1.165) is 10.2 Å². The number of nitriles is 1. The fraction of sp³-hybridized carbons (Fsp3) is 0.250. The van der Waals surface area contributed by atoms with Gasteiger partial charge in [0.05, 0.1) is 35.6 Å². The Morgan fingerprint density at radius 2 is 2.11 bits per heavy atom. The molecule has 0 bridgehead atoms. The topological polar surface area (TPSA) is 84.2 Å². The van der Waals surface area contributed by atoms with Crippen LogP contribution in [0.5, 0.6) is 11.5 Å². The Morgan fingerprint density at radius 3 is 2.89 bits per heavy atom. The Balaban J connectivity index is 1.49. The number of methoxy groups -OCH3 is 1. The van der Waals surface area contributed by atoms with Crippen LogP contribution in [0.2, 0.25) is 0 Å². The van der Waals surface area contributed by atoms with E-state index in [2.05, 4.69) is 22.4 Å². The molecule has 1 amide bonds. The molecule has 27 heavy (non-hydrogen) atoms. The lowest BCUT2D eigenvalue weighted by Gasteiger charge is -2.10. The standard InChI is InChI=1S/C20H19N3O3S/c1-13-5-7-15-18(10-13)27-20(22-15)23-19(24)4-3-9-26-16-8-6-14(12-21)11-17(16)25-2/h5-8,10-11H,3-4,9H2,1-2H3,(H,22,23,24). The minimum atomic E-state index is -0.0961. The first-order valence-electron chi connectivity index (χ1n) is 8.47. The van der Waals surface area contributed by atoms with E-state index in [-0.39, 0.29) is 5.91 Å². The third-order valence-corrected chi connectivity index (χ3v) is 4.82. The zero-order chi connectivity index (χ0) is 19.2. The second-order valence-electron chi connectivity index (χ2n) is 5.97. The summed E-state index contributed by atoms with van der Waals surface area (Å²) in [5.74, 6) is 0.961. The van der Waals surface area contributed by atoms with E-state index in [0.29, 0.717) is 41.6 Å². The van der Waals surface area contributed by atoms with E-state index in [1.807, 2.05) is 19.1 Å². The highest BCUT2D eigenvalue weighted by Crippen LogP contribution is 2.28. The Labute approximate surface area is 161 Å². The molecule has 0 atom stereocenters. The summed E-state index contributed by atoms with van der Waals surface area (Å²) >= 11 is 1.47. The molecule has 0 aliphatic rings. The lowest BCUT2D eigenvalue weighted by molar-refractivity contribution is -0.116. The predicted octanol–water partition coefficient (Wildman–Crippen LogP) is 4.28. The summed E-state index contributed by atoms with van der Waals surface area (Å²) < 4.78 is 11.9. The highest BCUT2D eigenvalue weighted by Gasteiger charge is 2.09. The molecule has 1 N–H and O–H groups in total. The van der Waals surface area contributed by atoms with Gasteiger partial charge in [-0.1, -0.05) is 17.4 Å². The molecule has 1 aromatic heterocycles. The lowest BCUT2D eigenvalue weighted by atomic mass is 10.2. The maximum absolute atomic E-state index is 12.1. The van der Waals surface area contributed by atoms with Crippen molar-refractivity contribution in [3.8, 4) is 17.6 Å². The molecular formula is C20H19N3O3S. The molecule has 0 aliphatic carbocycles. The van der Waals surface area contributed by atoms with Gasteiger partial charge >= 0.3 is 0 Å². The van der Waals surface area contributed by atoms with E-state index >= 15 is 0 Å². The second kappa shape index (κ2) is 8.52. The highest BCUT2D eigenvalue weighted by atomic mass is 32.1.